The zero-order chi connectivity index (χ0) is 24.3. The molecule has 174 valence electrons. The molecule has 0 fully saturated rings. The van der Waals surface area contributed by atoms with Gasteiger partial charge in [-0.05, 0) is 55.8 Å². The van der Waals surface area contributed by atoms with E-state index >= 15 is 0 Å². The van der Waals surface area contributed by atoms with Gasteiger partial charge in [-0.2, -0.15) is 0 Å². The van der Waals surface area contributed by atoms with E-state index < -0.39 is 10.0 Å². The lowest BCUT2D eigenvalue weighted by Crippen LogP contribution is -2.31. The molecule has 0 bridgehead atoms. The van der Waals surface area contributed by atoms with Crippen molar-refractivity contribution in [2.75, 3.05) is 16.6 Å². The summed E-state index contributed by atoms with van der Waals surface area (Å²) < 4.78 is 27.3. The van der Waals surface area contributed by atoms with Crippen molar-refractivity contribution in [2.24, 2.45) is 0 Å². The van der Waals surface area contributed by atoms with Crippen LogP contribution in [0.2, 0.25) is 0 Å². The first-order valence-corrected chi connectivity index (χ1v) is 11.9. The first-order chi connectivity index (χ1) is 16.2. The Bertz CT molecular complexity index is 1340. The normalized spacial score (nSPS) is 13.0. The maximum atomic E-state index is 12.5. The molecule has 4 rings (SSSR count). The second-order valence-electron chi connectivity index (χ2n) is 7.61. The van der Waals surface area contributed by atoms with Crippen LogP contribution in [0.4, 0.5) is 11.6 Å². The molecular formula is C23H21N5O5S. The first kappa shape index (κ1) is 23.1. The van der Waals surface area contributed by atoms with Gasteiger partial charge in [0.2, 0.25) is 11.9 Å². The lowest BCUT2D eigenvalue weighted by atomic mass is 10.1. The summed E-state index contributed by atoms with van der Waals surface area (Å²) in [4.78, 5) is 46.0. The number of rotatable bonds is 8. The molecule has 3 aromatic rings. The molecule has 34 heavy (non-hydrogen) atoms. The highest BCUT2D eigenvalue weighted by Gasteiger charge is 2.34. The van der Waals surface area contributed by atoms with Crippen LogP contribution in [0.5, 0.6) is 0 Å². The Morgan fingerprint density at radius 2 is 1.62 bits per heavy atom. The second-order valence-corrected chi connectivity index (χ2v) is 9.29. The summed E-state index contributed by atoms with van der Waals surface area (Å²) in [5.41, 5.74) is 1.77. The average Bonchev–Trinajstić information content (AvgIpc) is 3.04. The Balaban J connectivity index is 1.29. The molecule has 0 aliphatic carbocycles. The van der Waals surface area contributed by atoms with Crippen molar-refractivity contribution in [3.05, 3.63) is 77.6 Å². The predicted octanol–water partition coefficient (Wildman–Crippen LogP) is 2.60. The van der Waals surface area contributed by atoms with Gasteiger partial charge in [0.15, 0.2) is 0 Å². The van der Waals surface area contributed by atoms with Crippen molar-refractivity contribution in [3.8, 4) is 0 Å². The van der Waals surface area contributed by atoms with Crippen molar-refractivity contribution in [1.82, 2.24) is 14.9 Å². The van der Waals surface area contributed by atoms with Crippen molar-refractivity contribution in [1.29, 1.82) is 0 Å². The summed E-state index contributed by atoms with van der Waals surface area (Å²) in [6.45, 7) is 1.85. The number of carbonyl (C=O) groups is 3. The van der Waals surface area contributed by atoms with Crippen LogP contribution in [0.3, 0.4) is 0 Å². The smallest absolute Gasteiger partial charge is 0.264 e. The lowest BCUT2D eigenvalue weighted by molar-refractivity contribution is -0.116. The minimum absolute atomic E-state index is 0.0128. The zero-order valence-corrected chi connectivity index (χ0v) is 19.0. The summed E-state index contributed by atoms with van der Waals surface area (Å²) in [6.07, 6.45) is 1.83. The van der Waals surface area contributed by atoms with Gasteiger partial charge in [-0.25, -0.2) is 23.1 Å². The Labute approximate surface area is 196 Å². The van der Waals surface area contributed by atoms with Crippen LogP contribution in [-0.4, -0.2) is 47.6 Å². The van der Waals surface area contributed by atoms with Crippen LogP contribution in [0.15, 0.2) is 65.7 Å². The third-order valence-corrected chi connectivity index (χ3v) is 6.48. The van der Waals surface area contributed by atoms with E-state index in [1.807, 2.05) is 0 Å². The van der Waals surface area contributed by atoms with Crippen LogP contribution >= 0.6 is 0 Å². The number of hydrogen-bond acceptors (Lipinski definition) is 7. The maximum absolute atomic E-state index is 12.5. The van der Waals surface area contributed by atoms with Gasteiger partial charge in [0.05, 0.1) is 16.0 Å². The molecule has 0 saturated heterocycles. The molecule has 0 spiro atoms. The van der Waals surface area contributed by atoms with Gasteiger partial charge >= 0.3 is 0 Å². The van der Waals surface area contributed by atoms with Gasteiger partial charge < -0.3 is 5.32 Å². The molecule has 3 amide bonds. The zero-order valence-electron chi connectivity index (χ0n) is 18.2. The molecule has 0 atom stereocenters. The van der Waals surface area contributed by atoms with Gasteiger partial charge in [-0.15, -0.1) is 0 Å². The number of aryl methyl sites for hydroxylation is 1. The van der Waals surface area contributed by atoms with Gasteiger partial charge in [0.1, 0.15) is 0 Å². The summed E-state index contributed by atoms with van der Waals surface area (Å²) in [7, 11) is -3.89. The molecule has 1 aliphatic heterocycles. The van der Waals surface area contributed by atoms with E-state index in [0.717, 1.165) is 4.90 Å². The summed E-state index contributed by atoms with van der Waals surface area (Å²) >= 11 is 0. The molecule has 1 aliphatic rings. The van der Waals surface area contributed by atoms with E-state index in [1.165, 1.54) is 30.5 Å². The topological polar surface area (TPSA) is 138 Å². The number of fused-ring (bicyclic) bond motifs is 1. The number of carbonyl (C=O) groups excluding carboxylic acids is 3. The fourth-order valence-electron chi connectivity index (χ4n) is 3.46. The minimum Gasteiger partial charge on any atom is -0.326 e. The van der Waals surface area contributed by atoms with E-state index in [4.69, 9.17) is 0 Å². The molecule has 2 aromatic carbocycles. The Kier molecular flexibility index (Phi) is 6.37. The number of sulfonamides is 1. The van der Waals surface area contributed by atoms with Crippen LogP contribution < -0.4 is 10.0 Å². The Hall–Kier alpha value is -4.12. The lowest BCUT2D eigenvalue weighted by Gasteiger charge is -2.13. The van der Waals surface area contributed by atoms with E-state index in [9.17, 15) is 22.8 Å². The van der Waals surface area contributed by atoms with Crippen LogP contribution in [0, 0.1) is 6.92 Å². The second kappa shape index (κ2) is 9.40. The molecule has 2 heterocycles. The first-order valence-electron chi connectivity index (χ1n) is 10.4. The van der Waals surface area contributed by atoms with Gasteiger partial charge in [0, 0.05) is 30.5 Å². The monoisotopic (exact) mass is 479 g/mol. The molecule has 0 saturated carbocycles. The maximum Gasteiger partial charge on any atom is 0.264 e. The third-order valence-electron chi connectivity index (χ3n) is 5.13. The fraction of sp³-hybridized carbons (Fsp3) is 0.174. The van der Waals surface area contributed by atoms with Gasteiger partial charge in [-0.1, -0.05) is 12.1 Å². The molecule has 10 nitrogen and oxygen atoms in total. The van der Waals surface area contributed by atoms with Crippen LogP contribution in [-0.2, 0) is 14.8 Å². The van der Waals surface area contributed by atoms with Crippen molar-refractivity contribution in [3.63, 3.8) is 0 Å². The molecule has 0 unspecified atom stereocenters. The number of hydrogen-bond donors (Lipinski definition) is 2. The molecule has 11 heteroatoms. The quantitative estimate of drug-likeness (QED) is 0.474. The molecule has 2 N–H and O–H groups in total. The van der Waals surface area contributed by atoms with E-state index in [1.54, 1.807) is 37.3 Å². The van der Waals surface area contributed by atoms with Gasteiger partial charge in [0.25, 0.3) is 21.8 Å². The largest absolute Gasteiger partial charge is 0.326 e. The minimum atomic E-state index is -3.89. The number of nitrogens with zero attached hydrogens (tertiary/aromatic N) is 3. The number of anilines is 2. The van der Waals surface area contributed by atoms with Crippen molar-refractivity contribution >= 4 is 39.4 Å². The van der Waals surface area contributed by atoms with Gasteiger partial charge in [-0.3, -0.25) is 19.3 Å². The number of nitrogens with one attached hydrogen (secondary N) is 2. The van der Waals surface area contributed by atoms with E-state index in [2.05, 4.69) is 20.0 Å². The van der Waals surface area contributed by atoms with E-state index in [-0.39, 0.29) is 41.5 Å². The fourth-order valence-corrected chi connectivity index (χ4v) is 4.41. The van der Waals surface area contributed by atoms with E-state index in [0.29, 0.717) is 28.9 Å². The Morgan fingerprint density at radius 1 is 0.971 bits per heavy atom. The molecule has 1 aromatic heterocycles. The number of aromatic nitrogens is 2. The highest BCUT2D eigenvalue weighted by Crippen LogP contribution is 2.23. The predicted molar refractivity (Wildman–Crippen MR) is 124 cm³/mol. The SMILES string of the molecule is Cc1ccnc(NS(=O)(=O)c2ccc(NC(=O)CCCN3C(=O)c4ccccc4C3=O)cc2)n1. The Morgan fingerprint density at radius 3 is 2.24 bits per heavy atom. The number of amides is 3. The standard InChI is InChI=1S/C23H21N5O5S/c1-15-12-13-24-23(25-15)27-34(32,33)17-10-8-16(9-11-17)26-20(29)7-4-14-28-21(30)18-5-2-3-6-19(18)22(28)31/h2-3,5-6,8-13H,4,7,14H2,1H3,(H,26,29)(H,24,25,27). The van der Waals surface area contributed by atoms with Crippen LogP contribution in [0.25, 0.3) is 0 Å². The highest BCUT2D eigenvalue weighted by molar-refractivity contribution is 7.92. The number of benzene rings is 2. The molecule has 0 radical (unpaired) electrons. The highest BCUT2D eigenvalue weighted by atomic mass is 32.2. The van der Waals surface area contributed by atoms with Crippen molar-refractivity contribution in [2.45, 2.75) is 24.7 Å². The third kappa shape index (κ3) is 4.94. The summed E-state index contributed by atoms with van der Waals surface area (Å²) in [5, 5.41) is 2.68. The number of imide groups is 1. The summed E-state index contributed by atoms with van der Waals surface area (Å²) in [6, 6.07) is 13.9. The molecular weight excluding hydrogens is 458 g/mol. The average molecular weight is 480 g/mol. The summed E-state index contributed by atoms with van der Waals surface area (Å²) in [5.74, 6) is -1.07. The van der Waals surface area contributed by atoms with Crippen LogP contribution in [0.1, 0.15) is 39.3 Å². The van der Waals surface area contributed by atoms with Crippen molar-refractivity contribution < 1.29 is 22.8 Å².